The second-order valence-electron chi connectivity index (χ2n) is 4.00. The Balaban J connectivity index is 2.66. The molecule has 0 amide bonds. The lowest BCUT2D eigenvalue weighted by molar-refractivity contribution is -0.142. The van der Waals surface area contributed by atoms with Gasteiger partial charge in [-0.15, -0.1) is 0 Å². The van der Waals surface area contributed by atoms with Crippen LogP contribution in [0.1, 0.15) is 11.1 Å². The van der Waals surface area contributed by atoms with Crippen molar-refractivity contribution in [2.75, 3.05) is 7.11 Å². The predicted octanol–water partition coefficient (Wildman–Crippen LogP) is 4.00. The van der Waals surface area contributed by atoms with Crippen LogP contribution in [0.4, 0.5) is 0 Å². The molecule has 1 atom stereocenters. The fourth-order valence-corrected chi connectivity index (χ4v) is 2.63. The first-order chi connectivity index (χ1) is 9.10. The summed E-state index contributed by atoms with van der Waals surface area (Å²) in [7, 11) is 1.30. The number of methoxy groups -OCH3 is 1. The van der Waals surface area contributed by atoms with Gasteiger partial charge in [0.25, 0.3) is 0 Å². The quantitative estimate of drug-likeness (QED) is 0.632. The van der Waals surface area contributed by atoms with E-state index in [1.165, 1.54) is 7.11 Å². The molecule has 2 aromatic rings. The van der Waals surface area contributed by atoms with Crippen LogP contribution in [0.15, 0.2) is 54.6 Å². The van der Waals surface area contributed by atoms with Crippen LogP contribution in [0.25, 0.3) is 0 Å². The Morgan fingerprint density at radius 2 is 1.63 bits per heavy atom. The lowest BCUT2D eigenvalue weighted by Crippen LogP contribution is -2.32. The van der Waals surface area contributed by atoms with Crippen LogP contribution in [0, 0.1) is 0 Å². The van der Waals surface area contributed by atoms with Gasteiger partial charge in [-0.2, -0.15) is 0 Å². The van der Waals surface area contributed by atoms with E-state index in [9.17, 15) is 4.79 Å². The predicted molar refractivity (Wildman–Crippen MR) is 76.5 cm³/mol. The molecule has 0 aromatic heterocycles. The SMILES string of the molecule is COC(=O)C(Cl)(c1ccccc1)c1ccccc1Cl. The monoisotopic (exact) mass is 294 g/mol. The van der Waals surface area contributed by atoms with Gasteiger partial charge >= 0.3 is 5.97 Å². The topological polar surface area (TPSA) is 26.3 Å². The molecule has 0 N–H and O–H groups in total. The van der Waals surface area contributed by atoms with Gasteiger partial charge < -0.3 is 4.74 Å². The normalized spacial score (nSPS) is 13.6. The van der Waals surface area contributed by atoms with Gasteiger partial charge in [0.05, 0.1) is 7.11 Å². The zero-order chi connectivity index (χ0) is 13.9. The first kappa shape index (κ1) is 13.9. The fraction of sp³-hybridized carbons (Fsp3) is 0.133. The minimum atomic E-state index is -1.44. The molecule has 0 aliphatic heterocycles. The third-order valence-corrected chi connectivity index (χ3v) is 3.79. The smallest absolute Gasteiger partial charge is 0.336 e. The van der Waals surface area contributed by atoms with E-state index in [4.69, 9.17) is 27.9 Å². The van der Waals surface area contributed by atoms with E-state index in [-0.39, 0.29) is 0 Å². The molecule has 0 aliphatic carbocycles. The van der Waals surface area contributed by atoms with E-state index in [1.54, 1.807) is 36.4 Å². The van der Waals surface area contributed by atoms with Crippen molar-refractivity contribution in [3.8, 4) is 0 Å². The molecule has 0 spiro atoms. The van der Waals surface area contributed by atoms with E-state index in [0.29, 0.717) is 16.1 Å². The Hall–Kier alpha value is -1.51. The number of carbonyl (C=O) groups excluding carboxylic acids is 1. The molecular formula is C15H12Cl2O2. The molecule has 1 unspecified atom stereocenters. The lowest BCUT2D eigenvalue weighted by atomic mass is 9.90. The van der Waals surface area contributed by atoms with Crippen molar-refractivity contribution in [3.63, 3.8) is 0 Å². The standard InChI is InChI=1S/C15H12Cl2O2/c1-19-14(18)15(17,11-7-3-2-4-8-11)12-9-5-6-10-13(12)16/h2-10H,1H3. The van der Waals surface area contributed by atoms with Gasteiger partial charge in [-0.3, -0.25) is 0 Å². The van der Waals surface area contributed by atoms with Gasteiger partial charge in [0.1, 0.15) is 0 Å². The first-order valence-corrected chi connectivity index (χ1v) is 6.44. The zero-order valence-corrected chi connectivity index (χ0v) is 11.8. The van der Waals surface area contributed by atoms with E-state index < -0.39 is 10.8 Å². The molecule has 19 heavy (non-hydrogen) atoms. The molecule has 0 radical (unpaired) electrons. The average molecular weight is 295 g/mol. The molecule has 2 rings (SSSR count). The molecule has 2 aromatic carbocycles. The highest BCUT2D eigenvalue weighted by Crippen LogP contribution is 2.41. The summed E-state index contributed by atoms with van der Waals surface area (Å²) in [6.07, 6.45) is 0. The first-order valence-electron chi connectivity index (χ1n) is 5.68. The average Bonchev–Trinajstić information content (AvgIpc) is 2.47. The summed E-state index contributed by atoms with van der Waals surface area (Å²) < 4.78 is 4.85. The Labute approximate surface area is 121 Å². The summed E-state index contributed by atoms with van der Waals surface area (Å²) in [5, 5.41) is 0.423. The third kappa shape index (κ3) is 2.46. The minimum absolute atomic E-state index is 0.423. The molecule has 0 bridgehead atoms. The highest BCUT2D eigenvalue weighted by Gasteiger charge is 2.42. The number of alkyl halides is 1. The summed E-state index contributed by atoms with van der Waals surface area (Å²) in [4.78, 5) is 10.7. The van der Waals surface area contributed by atoms with Crippen molar-refractivity contribution in [2.45, 2.75) is 4.87 Å². The zero-order valence-electron chi connectivity index (χ0n) is 10.3. The van der Waals surface area contributed by atoms with Gasteiger partial charge in [0, 0.05) is 10.6 Å². The lowest BCUT2D eigenvalue weighted by Gasteiger charge is -2.26. The summed E-state index contributed by atoms with van der Waals surface area (Å²) in [5.41, 5.74) is 1.13. The van der Waals surface area contributed by atoms with Crippen molar-refractivity contribution in [2.24, 2.45) is 0 Å². The number of esters is 1. The summed E-state index contributed by atoms with van der Waals surface area (Å²) in [6, 6.07) is 16.0. The number of rotatable bonds is 3. The second-order valence-corrected chi connectivity index (χ2v) is 4.97. The van der Waals surface area contributed by atoms with Crippen molar-refractivity contribution in [1.82, 2.24) is 0 Å². The summed E-state index contributed by atoms with van der Waals surface area (Å²) in [5.74, 6) is -0.562. The molecule has 0 heterocycles. The molecule has 98 valence electrons. The van der Waals surface area contributed by atoms with Gasteiger partial charge in [0.2, 0.25) is 0 Å². The maximum absolute atomic E-state index is 12.2. The van der Waals surface area contributed by atoms with Crippen LogP contribution in [0.2, 0.25) is 5.02 Å². The van der Waals surface area contributed by atoms with Crippen molar-refractivity contribution in [1.29, 1.82) is 0 Å². The van der Waals surface area contributed by atoms with Crippen LogP contribution in [0.3, 0.4) is 0 Å². The molecule has 0 saturated heterocycles. The van der Waals surface area contributed by atoms with E-state index in [0.717, 1.165) is 0 Å². The molecule has 0 fully saturated rings. The highest BCUT2D eigenvalue weighted by molar-refractivity contribution is 6.39. The van der Waals surface area contributed by atoms with Crippen LogP contribution in [-0.4, -0.2) is 13.1 Å². The number of halogens is 2. The largest absolute Gasteiger partial charge is 0.467 e. The summed E-state index contributed by atoms with van der Waals surface area (Å²) in [6.45, 7) is 0. The van der Waals surface area contributed by atoms with Gasteiger partial charge in [0.15, 0.2) is 4.87 Å². The minimum Gasteiger partial charge on any atom is -0.467 e. The number of ether oxygens (including phenoxy) is 1. The van der Waals surface area contributed by atoms with Gasteiger partial charge in [-0.25, -0.2) is 4.79 Å². The Kier molecular flexibility index (Phi) is 4.13. The number of carbonyl (C=O) groups is 1. The molecule has 2 nitrogen and oxygen atoms in total. The highest BCUT2D eigenvalue weighted by atomic mass is 35.5. The molecule has 0 saturated carbocycles. The van der Waals surface area contributed by atoms with Gasteiger partial charge in [-0.1, -0.05) is 71.7 Å². The van der Waals surface area contributed by atoms with Crippen LogP contribution in [-0.2, 0) is 14.4 Å². The van der Waals surface area contributed by atoms with Crippen molar-refractivity contribution < 1.29 is 9.53 Å². The maximum Gasteiger partial charge on any atom is 0.336 e. The Bertz CT molecular complexity index is 584. The Morgan fingerprint density at radius 3 is 2.21 bits per heavy atom. The Morgan fingerprint density at radius 1 is 1.05 bits per heavy atom. The third-order valence-electron chi connectivity index (χ3n) is 2.88. The molecular weight excluding hydrogens is 283 g/mol. The van der Waals surface area contributed by atoms with E-state index in [2.05, 4.69) is 0 Å². The van der Waals surface area contributed by atoms with Crippen LogP contribution >= 0.6 is 23.2 Å². The number of hydrogen-bond donors (Lipinski definition) is 0. The van der Waals surface area contributed by atoms with Crippen molar-refractivity contribution >= 4 is 29.2 Å². The second kappa shape index (κ2) is 5.64. The van der Waals surface area contributed by atoms with E-state index in [1.807, 2.05) is 18.2 Å². The van der Waals surface area contributed by atoms with E-state index >= 15 is 0 Å². The molecule has 4 heteroatoms. The van der Waals surface area contributed by atoms with Crippen LogP contribution in [0.5, 0.6) is 0 Å². The number of hydrogen-bond acceptors (Lipinski definition) is 2. The summed E-state index contributed by atoms with van der Waals surface area (Å²) >= 11 is 12.8. The van der Waals surface area contributed by atoms with Crippen molar-refractivity contribution in [3.05, 3.63) is 70.7 Å². The van der Waals surface area contributed by atoms with Gasteiger partial charge in [-0.05, 0) is 11.6 Å². The number of benzene rings is 2. The molecule has 0 aliphatic rings. The van der Waals surface area contributed by atoms with Crippen LogP contribution < -0.4 is 0 Å². The maximum atomic E-state index is 12.2. The fourth-order valence-electron chi connectivity index (χ4n) is 1.93.